The van der Waals surface area contributed by atoms with Gasteiger partial charge in [0.2, 0.25) is 5.78 Å². The number of aromatic nitrogens is 3. The highest BCUT2D eigenvalue weighted by molar-refractivity contribution is 6.34. The molecule has 1 amide bonds. The lowest BCUT2D eigenvalue weighted by molar-refractivity contribution is 0.0652. The van der Waals surface area contributed by atoms with E-state index in [1.807, 2.05) is 35.5 Å². The zero-order chi connectivity index (χ0) is 23.6. The first-order valence-electron chi connectivity index (χ1n) is 12.1. The molecule has 1 aliphatic carbocycles. The maximum atomic E-state index is 12.6. The van der Waals surface area contributed by atoms with Crippen LogP contribution < -0.4 is 4.90 Å². The summed E-state index contributed by atoms with van der Waals surface area (Å²) in [5.74, 6) is 0.691. The molecule has 0 atom stereocenters. The zero-order valence-corrected chi connectivity index (χ0v) is 19.9. The molecule has 2 fully saturated rings. The molecule has 4 heterocycles. The quantitative estimate of drug-likeness (QED) is 0.390. The van der Waals surface area contributed by atoms with E-state index in [1.165, 1.54) is 11.3 Å². The van der Waals surface area contributed by atoms with Crippen LogP contribution in [0.15, 0.2) is 67.1 Å². The minimum Gasteiger partial charge on any atom is -0.356 e. The maximum absolute atomic E-state index is 12.6. The lowest BCUT2D eigenvalue weighted by Crippen LogP contribution is -2.42. The van der Waals surface area contributed by atoms with Crippen molar-refractivity contribution in [1.29, 1.82) is 0 Å². The second kappa shape index (κ2) is 7.68. The highest BCUT2D eigenvalue weighted by Crippen LogP contribution is 2.53. The van der Waals surface area contributed by atoms with Gasteiger partial charge in [-0.3, -0.25) is 9.20 Å². The Hall–Kier alpha value is -3.64. The van der Waals surface area contributed by atoms with E-state index in [1.54, 1.807) is 0 Å². The predicted molar refractivity (Wildman–Crippen MR) is 138 cm³/mol. The van der Waals surface area contributed by atoms with Crippen LogP contribution in [0.3, 0.4) is 0 Å². The smallest absolute Gasteiger partial charge is 0.255 e. The fourth-order valence-corrected chi connectivity index (χ4v) is 5.63. The van der Waals surface area contributed by atoms with Crippen molar-refractivity contribution in [1.82, 2.24) is 19.3 Å². The van der Waals surface area contributed by atoms with Crippen LogP contribution in [0.2, 0.25) is 5.02 Å². The third kappa shape index (κ3) is 3.20. The van der Waals surface area contributed by atoms with Gasteiger partial charge in [0.25, 0.3) is 5.91 Å². The van der Waals surface area contributed by atoms with Gasteiger partial charge in [-0.15, -0.1) is 0 Å². The summed E-state index contributed by atoms with van der Waals surface area (Å²) in [4.78, 5) is 26.3. The Kier molecular flexibility index (Phi) is 4.55. The second-order valence-electron chi connectivity index (χ2n) is 9.60. The van der Waals surface area contributed by atoms with Gasteiger partial charge in [0, 0.05) is 43.3 Å². The molecule has 0 bridgehead atoms. The van der Waals surface area contributed by atoms with E-state index in [2.05, 4.69) is 61.9 Å². The first kappa shape index (κ1) is 20.7. The van der Waals surface area contributed by atoms with E-state index in [0.29, 0.717) is 16.4 Å². The number of halogens is 1. The van der Waals surface area contributed by atoms with Crippen molar-refractivity contribution in [3.05, 3.63) is 89.0 Å². The summed E-state index contributed by atoms with van der Waals surface area (Å²) in [5, 5.41) is 0.473. The van der Waals surface area contributed by atoms with Crippen LogP contribution in [0.4, 0.5) is 5.69 Å². The molecule has 1 saturated heterocycles. The summed E-state index contributed by atoms with van der Waals surface area (Å²) in [6, 6.07) is 14.2. The largest absolute Gasteiger partial charge is 0.356 e. The van der Waals surface area contributed by atoms with Crippen molar-refractivity contribution in [2.45, 2.75) is 24.8 Å². The van der Waals surface area contributed by atoms with Gasteiger partial charge in [-0.1, -0.05) is 48.0 Å². The zero-order valence-electron chi connectivity index (χ0n) is 19.2. The molecule has 0 unspecified atom stereocenters. The number of imidazole rings is 1. The molecule has 7 heteroatoms. The van der Waals surface area contributed by atoms with Crippen LogP contribution in [-0.2, 0) is 5.54 Å². The second-order valence-corrected chi connectivity index (χ2v) is 10.0. The SMILES string of the molecule is O=C(c1ccc(-c2cnc3ncc(C4(N5CC=Cc6ccccc65)CC4)n3c2)cc1Cl)N1CCC1. The molecule has 3 aliphatic rings. The summed E-state index contributed by atoms with van der Waals surface area (Å²) in [6.45, 7) is 2.49. The minimum atomic E-state index is -0.0915. The molecule has 4 aromatic rings. The van der Waals surface area contributed by atoms with Gasteiger partial charge in [0.15, 0.2) is 0 Å². The highest BCUT2D eigenvalue weighted by atomic mass is 35.5. The van der Waals surface area contributed by atoms with E-state index in [-0.39, 0.29) is 11.4 Å². The topological polar surface area (TPSA) is 53.7 Å². The van der Waals surface area contributed by atoms with E-state index >= 15 is 0 Å². The number of fused-ring (bicyclic) bond motifs is 2. The monoisotopic (exact) mass is 481 g/mol. The first-order valence-corrected chi connectivity index (χ1v) is 12.5. The number of carbonyl (C=O) groups is 1. The third-order valence-corrected chi connectivity index (χ3v) is 7.88. The van der Waals surface area contributed by atoms with Crippen molar-refractivity contribution >= 4 is 35.0 Å². The van der Waals surface area contributed by atoms with Gasteiger partial charge in [-0.05, 0) is 48.6 Å². The van der Waals surface area contributed by atoms with E-state index in [9.17, 15) is 4.79 Å². The van der Waals surface area contributed by atoms with Crippen molar-refractivity contribution in [2.75, 3.05) is 24.5 Å². The molecule has 1 saturated carbocycles. The summed E-state index contributed by atoms with van der Waals surface area (Å²) in [5.41, 5.74) is 6.01. The van der Waals surface area contributed by atoms with Crippen molar-refractivity contribution in [3.63, 3.8) is 0 Å². The Morgan fingerprint density at radius 2 is 1.83 bits per heavy atom. The number of anilines is 1. The summed E-state index contributed by atoms with van der Waals surface area (Å²) in [7, 11) is 0. The van der Waals surface area contributed by atoms with Crippen LogP contribution in [-0.4, -0.2) is 44.8 Å². The first-order chi connectivity index (χ1) is 17.1. The average molecular weight is 482 g/mol. The molecular formula is C28H24ClN5O. The van der Waals surface area contributed by atoms with Crippen LogP contribution >= 0.6 is 11.6 Å². The number of carbonyl (C=O) groups excluding carboxylic acids is 1. The van der Waals surface area contributed by atoms with Crippen LogP contribution in [0.25, 0.3) is 23.0 Å². The number of hydrogen-bond donors (Lipinski definition) is 0. The molecule has 2 aromatic heterocycles. The molecule has 0 radical (unpaired) electrons. The Balaban J connectivity index is 1.27. The molecule has 174 valence electrons. The standard InChI is InChI=1S/C28H24ClN5O/c29-23-15-20(8-9-22(23)26(35)32-12-4-13-32)21-16-30-27-31-17-25(33(27)18-21)28(10-11-28)34-14-3-6-19-5-1-2-7-24(19)34/h1-3,5-9,15-18H,4,10-14H2. The average Bonchev–Trinajstić information content (AvgIpc) is 3.54. The highest BCUT2D eigenvalue weighted by Gasteiger charge is 2.52. The van der Waals surface area contributed by atoms with Gasteiger partial charge < -0.3 is 9.80 Å². The van der Waals surface area contributed by atoms with Crippen LogP contribution in [0.1, 0.15) is 40.9 Å². The normalized spacial score (nSPS) is 17.9. The maximum Gasteiger partial charge on any atom is 0.255 e. The summed E-state index contributed by atoms with van der Waals surface area (Å²) in [6.07, 6.45) is 13.5. The van der Waals surface area contributed by atoms with Gasteiger partial charge in [0.1, 0.15) is 0 Å². The van der Waals surface area contributed by atoms with Crippen molar-refractivity contribution in [3.8, 4) is 11.1 Å². The minimum absolute atomic E-state index is 0.00445. The lowest BCUT2D eigenvalue weighted by Gasteiger charge is -2.36. The molecule has 35 heavy (non-hydrogen) atoms. The fourth-order valence-electron chi connectivity index (χ4n) is 5.37. The number of hydrogen-bond acceptors (Lipinski definition) is 4. The number of rotatable bonds is 4. The number of para-hydroxylation sites is 1. The molecule has 0 spiro atoms. The van der Waals surface area contributed by atoms with Gasteiger partial charge in [-0.25, -0.2) is 9.97 Å². The number of amides is 1. The van der Waals surface area contributed by atoms with E-state index < -0.39 is 0 Å². The van der Waals surface area contributed by atoms with Crippen molar-refractivity contribution in [2.24, 2.45) is 0 Å². The molecule has 6 nitrogen and oxygen atoms in total. The number of nitrogens with zero attached hydrogens (tertiary/aromatic N) is 5. The van der Waals surface area contributed by atoms with E-state index in [0.717, 1.165) is 55.7 Å². The third-order valence-electron chi connectivity index (χ3n) is 7.57. The van der Waals surface area contributed by atoms with E-state index in [4.69, 9.17) is 11.6 Å². The fraction of sp³-hybridized carbons (Fsp3) is 0.250. The lowest BCUT2D eigenvalue weighted by atomic mass is 10.0. The Labute approximate surface area is 208 Å². The molecular weight excluding hydrogens is 458 g/mol. The molecule has 2 aromatic carbocycles. The number of benzene rings is 2. The van der Waals surface area contributed by atoms with Crippen LogP contribution in [0.5, 0.6) is 0 Å². The predicted octanol–water partition coefficient (Wildman–Crippen LogP) is 5.42. The molecule has 2 aliphatic heterocycles. The molecule has 0 N–H and O–H groups in total. The van der Waals surface area contributed by atoms with Gasteiger partial charge in [0.05, 0.1) is 28.0 Å². The van der Waals surface area contributed by atoms with Crippen molar-refractivity contribution < 1.29 is 4.79 Å². The van der Waals surface area contributed by atoms with Gasteiger partial charge >= 0.3 is 0 Å². The molecule has 7 rings (SSSR count). The van der Waals surface area contributed by atoms with Gasteiger partial charge in [-0.2, -0.15) is 0 Å². The Bertz CT molecular complexity index is 1520. The Morgan fingerprint density at radius 3 is 2.60 bits per heavy atom. The number of likely N-dealkylation sites (tertiary alicyclic amines) is 1. The summed E-state index contributed by atoms with van der Waals surface area (Å²) < 4.78 is 2.12. The van der Waals surface area contributed by atoms with Crippen LogP contribution in [0, 0.1) is 0 Å². The summed E-state index contributed by atoms with van der Waals surface area (Å²) >= 11 is 6.56. The Morgan fingerprint density at radius 1 is 1.00 bits per heavy atom.